The second-order valence-corrected chi connectivity index (χ2v) is 5.63. The number of carbonyl (C=O) groups is 2. The summed E-state index contributed by atoms with van der Waals surface area (Å²) in [5, 5.41) is 5.69. The highest BCUT2D eigenvalue weighted by molar-refractivity contribution is 6.39. The summed E-state index contributed by atoms with van der Waals surface area (Å²) in [7, 11) is 1.52. The van der Waals surface area contributed by atoms with Crippen molar-refractivity contribution in [2.24, 2.45) is 0 Å². The van der Waals surface area contributed by atoms with Gasteiger partial charge in [-0.3, -0.25) is 9.59 Å². The van der Waals surface area contributed by atoms with Crippen LogP contribution < -0.4 is 10.6 Å². The van der Waals surface area contributed by atoms with E-state index in [9.17, 15) is 9.59 Å². The summed E-state index contributed by atoms with van der Waals surface area (Å²) < 4.78 is 5.35. The number of nitrogens with one attached hydrogen (secondary N) is 2. The van der Waals surface area contributed by atoms with Gasteiger partial charge in [0, 0.05) is 29.9 Å². The summed E-state index contributed by atoms with van der Waals surface area (Å²) in [4.78, 5) is 24.0. The summed E-state index contributed by atoms with van der Waals surface area (Å²) in [5.41, 5.74) is 2.23. The average Bonchev–Trinajstić information content (AvgIpc) is 2.58. The fourth-order valence-corrected chi connectivity index (χ4v) is 2.47. The summed E-state index contributed by atoms with van der Waals surface area (Å²) in [6.07, 6.45) is -0.436. The van der Waals surface area contributed by atoms with E-state index in [1.54, 1.807) is 18.2 Å². The number of anilines is 1. The zero-order valence-electron chi connectivity index (χ0n) is 13.5. The summed E-state index contributed by atoms with van der Waals surface area (Å²) >= 11 is 6.13. The van der Waals surface area contributed by atoms with Crippen LogP contribution in [0, 0.1) is 6.92 Å². The predicted octanol–water partition coefficient (Wildman–Crippen LogP) is 3.09. The van der Waals surface area contributed by atoms with Gasteiger partial charge in [-0.1, -0.05) is 48.0 Å². The minimum Gasteiger partial charge on any atom is -0.375 e. The number of methoxy groups -OCH3 is 1. The molecule has 0 heterocycles. The molecule has 0 fully saturated rings. The van der Waals surface area contributed by atoms with Crippen molar-refractivity contribution in [3.63, 3.8) is 0 Å². The van der Waals surface area contributed by atoms with Crippen LogP contribution in [-0.2, 0) is 14.3 Å². The number of amides is 2. The van der Waals surface area contributed by atoms with Gasteiger partial charge >= 0.3 is 11.8 Å². The van der Waals surface area contributed by atoms with E-state index in [-0.39, 0.29) is 6.54 Å². The van der Waals surface area contributed by atoms with Crippen LogP contribution >= 0.6 is 11.6 Å². The molecule has 0 aliphatic heterocycles. The molecule has 0 saturated heterocycles. The van der Waals surface area contributed by atoms with Crippen LogP contribution in [0.15, 0.2) is 48.5 Å². The Bertz CT molecular complexity index is 734. The highest BCUT2D eigenvalue weighted by atomic mass is 35.5. The molecule has 0 radical (unpaired) electrons. The molecule has 126 valence electrons. The van der Waals surface area contributed by atoms with E-state index in [2.05, 4.69) is 10.6 Å². The lowest BCUT2D eigenvalue weighted by molar-refractivity contribution is -0.136. The van der Waals surface area contributed by atoms with E-state index in [1.807, 2.05) is 37.3 Å². The quantitative estimate of drug-likeness (QED) is 0.817. The molecule has 5 nitrogen and oxygen atoms in total. The first-order valence-electron chi connectivity index (χ1n) is 7.45. The molecule has 2 aromatic carbocycles. The van der Waals surface area contributed by atoms with Crippen LogP contribution in [0.25, 0.3) is 0 Å². The molecule has 0 bridgehead atoms. The van der Waals surface area contributed by atoms with Crippen molar-refractivity contribution < 1.29 is 14.3 Å². The van der Waals surface area contributed by atoms with Gasteiger partial charge < -0.3 is 15.4 Å². The molecule has 1 unspecified atom stereocenters. The first kappa shape index (κ1) is 18.0. The molecule has 0 aromatic heterocycles. The standard InChI is InChI=1S/C18H19ClN2O3/c1-12-7-3-6-10-15(12)21-18(23)17(22)20-11-16(24-2)13-8-4-5-9-14(13)19/h3-10,16H,11H2,1-2H3,(H,20,22)(H,21,23). The Morgan fingerprint density at radius 2 is 1.75 bits per heavy atom. The number of hydrogen-bond acceptors (Lipinski definition) is 3. The van der Waals surface area contributed by atoms with Crippen molar-refractivity contribution in [3.05, 3.63) is 64.7 Å². The van der Waals surface area contributed by atoms with E-state index in [0.717, 1.165) is 11.1 Å². The topological polar surface area (TPSA) is 67.4 Å². The average molecular weight is 347 g/mol. The number of hydrogen-bond donors (Lipinski definition) is 2. The summed E-state index contributed by atoms with van der Waals surface area (Å²) in [5.74, 6) is -1.45. The fourth-order valence-electron chi connectivity index (χ4n) is 2.21. The minimum absolute atomic E-state index is 0.139. The SMILES string of the molecule is COC(CNC(=O)C(=O)Nc1ccccc1C)c1ccccc1Cl. The largest absolute Gasteiger partial charge is 0.375 e. The van der Waals surface area contributed by atoms with Gasteiger partial charge in [0.25, 0.3) is 0 Å². The minimum atomic E-state index is -0.729. The molecule has 24 heavy (non-hydrogen) atoms. The van der Waals surface area contributed by atoms with Crippen LogP contribution in [0.5, 0.6) is 0 Å². The molecule has 6 heteroatoms. The van der Waals surface area contributed by atoms with Gasteiger partial charge in [0.2, 0.25) is 0 Å². The molecule has 2 aromatic rings. The third-order valence-corrected chi connectivity index (χ3v) is 3.93. The monoisotopic (exact) mass is 346 g/mol. The Labute approximate surface area is 146 Å². The second-order valence-electron chi connectivity index (χ2n) is 5.22. The van der Waals surface area contributed by atoms with Crippen molar-refractivity contribution in [2.45, 2.75) is 13.0 Å². The Balaban J connectivity index is 1.95. The van der Waals surface area contributed by atoms with Crippen LogP contribution in [0.1, 0.15) is 17.2 Å². The molecular weight excluding hydrogens is 328 g/mol. The number of ether oxygens (including phenoxy) is 1. The van der Waals surface area contributed by atoms with Crippen LogP contribution in [0.4, 0.5) is 5.69 Å². The molecular formula is C18H19ClN2O3. The smallest absolute Gasteiger partial charge is 0.313 e. The van der Waals surface area contributed by atoms with E-state index in [4.69, 9.17) is 16.3 Å². The van der Waals surface area contributed by atoms with Crippen molar-refractivity contribution >= 4 is 29.1 Å². The third-order valence-electron chi connectivity index (χ3n) is 3.58. The van der Waals surface area contributed by atoms with Crippen molar-refractivity contribution in [2.75, 3.05) is 19.0 Å². The van der Waals surface area contributed by atoms with Gasteiger partial charge in [0.05, 0.1) is 0 Å². The number of aryl methyl sites for hydroxylation is 1. The molecule has 0 aliphatic carbocycles. The van der Waals surface area contributed by atoms with Gasteiger partial charge in [-0.05, 0) is 24.6 Å². The highest BCUT2D eigenvalue weighted by Gasteiger charge is 2.19. The zero-order valence-corrected chi connectivity index (χ0v) is 14.3. The first-order valence-corrected chi connectivity index (χ1v) is 7.82. The third kappa shape index (κ3) is 4.57. The normalized spacial score (nSPS) is 11.6. The first-order chi connectivity index (χ1) is 11.5. The second kappa shape index (κ2) is 8.47. The molecule has 1 atom stereocenters. The van der Waals surface area contributed by atoms with E-state index in [1.165, 1.54) is 7.11 Å². The summed E-state index contributed by atoms with van der Waals surface area (Å²) in [6, 6.07) is 14.4. The van der Waals surface area contributed by atoms with Gasteiger partial charge in [-0.25, -0.2) is 0 Å². The van der Waals surface area contributed by atoms with Crippen molar-refractivity contribution in [1.29, 1.82) is 0 Å². The maximum absolute atomic E-state index is 12.0. The fraction of sp³-hybridized carbons (Fsp3) is 0.222. The Morgan fingerprint density at radius 1 is 1.08 bits per heavy atom. The van der Waals surface area contributed by atoms with Crippen LogP contribution in [0.2, 0.25) is 5.02 Å². The predicted molar refractivity (Wildman–Crippen MR) is 94.0 cm³/mol. The highest BCUT2D eigenvalue weighted by Crippen LogP contribution is 2.24. The Hall–Kier alpha value is -2.37. The van der Waals surface area contributed by atoms with Crippen LogP contribution in [-0.4, -0.2) is 25.5 Å². The van der Waals surface area contributed by atoms with Crippen molar-refractivity contribution in [3.8, 4) is 0 Å². The lowest BCUT2D eigenvalue weighted by atomic mass is 10.1. The van der Waals surface area contributed by atoms with Gasteiger partial charge in [0.15, 0.2) is 0 Å². The lowest BCUT2D eigenvalue weighted by Gasteiger charge is -2.17. The zero-order chi connectivity index (χ0) is 17.5. The van der Waals surface area contributed by atoms with E-state index < -0.39 is 17.9 Å². The molecule has 0 aliphatic rings. The van der Waals surface area contributed by atoms with Crippen molar-refractivity contribution in [1.82, 2.24) is 5.32 Å². The van der Waals surface area contributed by atoms with Crippen LogP contribution in [0.3, 0.4) is 0 Å². The maximum atomic E-state index is 12.0. The number of benzene rings is 2. The van der Waals surface area contributed by atoms with Gasteiger partial charge in [-0.2, -0.15) is 0 Å². The van der Waals surface area contributed by atoms with Gasteiger partial charge in [-0.15, -0.1) is 0 Å². The molecule has 0 spiro atoms. The maximum Gasteiger partial charge on any atom is 0.313 e. The molecule has 2 amide bonds. The lowest BCUT2D eigenvalue weighted by Crippen LogP contribution is -2.38. The van der Waals surface area contributed by atoms with E-state index >= 15 is 0 Å². The summed E-state index contributed by atoms with van der Waals surface area (Å²) in [6.45, 7) is 1.99. The number of para-hydroxylation sites is 1. The molecule has 2 N–H and O–H groups in total. The number of rotatable bonds is 5. The Morgan fingerprint density at radius 3 is 2.42 bits per heavy atom. The number of carbonyl (C=O) groups excluding carboxylic acids is 2. The van der Waals surface area contributed by atoms with Gasteiger partial charge in [0.1, 0.15) is 6.10 Å². The molecule has 2 rings (SSSR count). The van der Waals surface area contributed by atoms with E-state index in [0.29, 0.717) is 10.7 Å². The molecule has 0 saturated carbocycles. The number of halogens is 1. The Kier molecular flexibility index (Phi) is 6.35.